The first kappa shape index (κ1) is 11.2. The van der Waals surface area contributed by atoms with E-state index in [9.17, 15) is 4.79 Å². The second-order valence-corrected chi connectivity index (χ2v) is 4.73. The van der Waals surface area contributed by atoms with Crippen LogP contribution < -0.4 is 11.1 Å². The van der Waals surface area contributed by atoms with Gasteiger partial charge in [-0.2, -0.15) is 0 Å². The highest BCUT2D eigenvalue weighted by molar-refractivity contribution is 6.05. The third kappa shape index (κ3) is 1.86. The van der Waals surface area contributed by atoms with Crippen molar-refractivity contribution in [3.63, 3.8) is 0 Å². The molecule has 2 aromatic heterocycles. The normalized spacial score (nSPS) is 19.4. The highest BCUT2D eigenvalue weighted by Gasteiger charge is 2.18. The Kier molecular flexibility index (Phi) is 2.76. The van der Waals surface area contributed by atoms with E-state index in [1.54, 1.807) is 6.20 Å². The van der Waals surface area contributed by atoms with Crippen LogP contribution in [0.5, 0.6) is 0 Å². The monoisotopic (exact) mass is 244 g/mol. The standard InChI is InChI=1S/C13H16N4O/c14-12(18)11-8-17(7-9-3-1-5-15-9)13-10(11)4-2-6-16-13/h2,4,6,8-9,15H,1,3,5,7H2,(H2,14,18)/t9-/m0/s1. The van der Waals surface area contributed by atoms with Crippen LogP contribution in [0.25, 0.3) is 11.0 Å². The van der Waals surface area contributed by atoms with Gasteiger partial charge in [0.1, 0.15) is 5.65 Å². The first-order valence-electron chi connectivity index (χ1n) is 6.23. The summed E-state index contributed by atoms with van der Waals surface area (Å²) in [6.07, 6.45) is 5.93. The van der Waals surface area contributed by atoms with Crippen LogP contribution in [0.4, 0.5) is 0 Å². The Morgan fingerprint density at radius 1 is 1.61 bits per heavy atom. The number of hydrogen-bond acceptors (Lipinski definition) is 3. The lowest BCUT2D eigenvalue weighted by atomic mass is 10.2. The van der Waals surface area contributed by atoms with Crippen LogP contribution in [-0.4, -0.2) is 28.0 Å². The molecule has 0 saturated carbocycles. The molecular formula is C13H16N4O. The van der Waals surface area contributed by atoms with Gasteiger partial charge in [0.05, 0.1) is 5.56 Å². The Labute approximate surface area is 105 Å². The summed E-state index contributed by atoms with van der Waals surface area (Å²) in [6, 6.07) is 4.18. The molecule has 94 valence electrons. The number of carbonyl (C=O) groups is 1. The minimum atomic E-state index is -0.397. The van der Waals surface area contributed by atoms with Crippen molar-refractivity contribution in [3.8, 4) is 0 Å². The summed E-state index contributed by atoms with van der Waals surface area (Å²) in [5.74, 6) is -0.397. The number of hydrogen-bond donors (Lipinski definition) is 2. The number of primary amides is 1. The van der Waals surface area contributed by atoms with Crippen LogP contribution in [0.15, 0.2) is 24.5 Å². The van der Waals surface area contributed by atoms with Gasteiger partial charge in [0, 0.05) is 30.4 Å². The van der Waals surface area contributed by atoms with E-state index in [1.807, 2.05) is 22.9 Å². The SMILES string of the molecule is NC(=O)c1cn(C[C@@H]2CCCN2)c2ncccc12. The first-order chi connectivity index (χ1) is 8.75. The number of pyridine rings is 1. The molecule has 1 aliphatic rings. The molecule has 3 N–H and O–H groups in total. The molecule has 2 aromatic rings. The molecule has 0 spiro atoms. The summed E-state index contributed by atoms with van der Waals surface area (Å²) in [7, 11) is 0. The van der Waals surface area contributed by atoms with Crippen LogP contribution in [0.3, 0.4) is 0 Å². The van der Waals surface area contributed by atoms with Crippen LogP contribution in [0.1, 0.15) is 23.2 Å². The number of amides is 1. The predicted molar refractivity (Wildman–Crippen MR) is 69.3 cm³/mol. The summed E-state index contributed by atoms with van der Waals surface area (Å²) in [4.78, 5) is 15.8. The Hall–Kier alpha value is -1.88. The molecule has 1 atom stereocenters. The molecule has 1 amide bonds. The summed E-state index contributed by atoms with van der Waals surface area (Å²) >= 11 is 0. The van der Waals surface area contributed by atoms with Crippen molar-refractivity contribution < 1.29 is 4.79 Å². The van der Waals surface area contributed by atoms with Crippen molar-refractivity contribution in [2.24, 2.45) is 5.73 Å². The van der Waals surface area contributed by atoms with Gasteiger partial charge in [0.25, 0.3) is 5.91 Å². The Morgan fingerprint density at radius 2 is 2.50 bits per heavy atom. The number of rotatable bonds is 3. The average Bonchev–Trinajstić information content (AvgIpc) is 2.98. The second kappa shape index (κ2) is 4.42. The highest BCUT2D eigenvalue weighted by atomic mass is 16.1. The zero-order chi connectivity index (χ0) is 12.5. The van der Waals surface area contributed by atoms with Gasteiger partial charge < -0.3 is 15.6 Å². The molecule has 5 heteroatoms. The van der Waals surface area contributed by atoms with Crippen LogP contribution in [-0.2, 0) is 6.54 Å². The van der Waals surface area contributed by atoms with E-state index < -0.39 is 5.91 Å². The van der Waals surface area contributed by atoms with Crippen LogP contribution in [0, 0.1) is 0 Å². The maximum Gasteiger partial charge on any atom is 0.250 e. The summed E-state index contributed by atoms with van der Waals surface area (Å²) in [6.45, 7) is 1.90. The van der Waals surface area contributed by atoms with E-state index in [0.717, 1.165) is 24.1 Å². The van der Waals surface area contributed by atoms with E-state index >= 15 is 0 Å². The molecule has 0 aromatic carbocycles. The summed E-state index contributed by atoms with van der Waals surface area (Å²) in [5.41, 5.74) is 6.79. The lowest BCUT2D eigenvalue weighted by molar-refractivity contribution is 0.100. The van der Waals surface area contributed by atoms with Crippen molar-refractivity contribution in [1.29, 1.82) is 0 Å². The van der Waals surface area contributed by atoms with Crippen molar-refractivity contribution in [2.45, 2.75) is 25.4 Å². The number of aromatic nitrogens is 2. The maximum atomic E-state index is 11.4. The lowest BCUT2D eigenvalue weighted by Gasteiger charge is -2.11. The molecule has 1 fully saturated rings. The fourth-order valence-corrected chi connectivity index (χ4v) is 2.61. The molecular weight excluding hydrogens is 228 g/mol. The van der Waals surface area contributed by atoms with E-state index in [0.29, 0.717) is 11.6 Å². The van der Waals surface area contributed by atoms with Gasteiger partial charge in [-0.25, -0.2) is 4.98 Å². The van der Waals surface area contributed by atoms with E-state index in [4.69, 9.17) is 5.73 Å². The lowest BCUT2D eigenvalue weighted by Crippen LogP contribution is -2.26. The number of nitrogens with zero attached hydrogens (tertiary/aromatic N) is 2. The zero-order valence-corrected chi connectivity index (χ0v) is 10.1. The fourth-order valence-electron chi connectivity index (χ4n) is 2.61. The van der Waals surface area contributed by atoms with E-state index in [-0.39, 0.29) is 0 Å². The van der Waals surface area contributed by atoms with E-state index in [1.165, 1.54) is 12.8 Å². The minimum absolute atomic E-state index is 0.397. The van der Waals surface area contributed by atoms with Gasteiger partial charge >= 0.3 is 0 Å². The van der Waals surface area contributed by atoms with Gasteiger partial charge in [-0.3, -0.25) is 4.79 Å². The van der Waals surface area contributed by atoms with Crippen molar-refractivity contribution in [2.75, 3.05) is 6.54 Å². The molecule has 1 aliphatic heterocycles. The van der Waals surface area contributed by atoms with Crippen molar-refractivity contribution >= 4 is 16.9 Å². The summed E-state index contributed by atoms with van der Waals surface area (Å²) < 4.78 is 2.03. The van der Waals surface area contributed by atoms with Gasteiger partial charge in [0.15, 0.2) is 0 Å². The van der Waals surface area contributed by atoms with Crippen molar-refractivity contribution in [3.05, 3.63) is 30.1 Å². The summed E-state index contributed by atoms with van der Waals surface area (Å²) in [5, 5.41) is 4.28. The molecule has 18 heavy (non-hydrogen) atoms. The number of fused-ring (bicyclic) bond motifs is 1. The Bertz CT molecular complexity index is 584. The molecule has 0 aliphatic carbocycles. The Morgan fingerprint density at radius 3 is 3.22 bits per heavy atom. The van der Waals surface area contributed by atoms with Gasteiger partial charge in [-0.15, -0.1) is 0 Å². The van der Waals surface area contributed by atoms with E-state index in [2.05, 4.69) is 10.3 Å². The topological polar surface area (TPSA) is 72.9 Å². The number of nitrogens with two attached hydrogens (primary N) is 1. The smallest absolute Gasteiger partial charge is 0.250 e. The molecule has 0 bridgehead atoms. The average molecular weight is 244 g/mol. The third-order valence-electron chi connectivity index (χ3n) is 3.48. The molecule has 3 heterocycles. The molecule has 0 unspecified atom stereocenters. The quantitative estimate of drug-likeness (QED) is 0.842. The third-order valence-corrected chi connectivity index (χ3v) is 3.48. The van der Waals surface area contributed by atoms with Gasteiger partial charge in [0.2, 0.25) is 0 Å². The molecule has 1 saturated heterocycles. The van der Waals surface area contributed by atoms with Gasteiger partial charge in [-0.05, 0) is 31.5 Å². The molecule has 3 rings (SSSR count). The number of nitrogens with one attached hydrogen (secondary N) is 1. The van der Waals surface area contributed by atoms with Crippen LogP contribution in [0.2, 0.25) is 0 Å². The molecule has 0 radical (unpaired) electrons. The second-order valence-electron chi connectivity index (χ2n) is 4.73. The molecule has 5 nitrogen and oxygen atoms in total. The number of carbonyl (C=O) groups excluding carboxylic acids is 1. The van der Waals surface area contributed by atoms with Crippen molar-refractivity contribution in [1.82, 2.24) is 14.9 Å². The first-order valence-corrected chi connectivity index (χ1v) is 6.23. The van der Waals surface area contributed by atoms with Gasteiger partial charge in [-0.1, -0.05) is 0 Å². The predicted octanol–water partition coefficient (Wildman–Crippen LogP) is 0.887. The zero-order valence-electron chi connectivity index (χ0n) is 10.1. The van der Waals surface area contributed by atoms with Crippen LogP contribution >= 0.6 is 0 Å². The largest absolute Gasteiger partial charge is 0.366 e. The fraction of sp³-hybridized carbons (Fsp3) is 0.385. The minimum Gasteiger partial charge on any atom is -0.366 e. The maximum absolute atomic E-state index is 11.4. The Balaban J connectivity index is 2.02. The highest BCUT2D eigenvalue weighted by Crippen LogP contribution is 2.20.